The van der Waals surface area contributed by atoms with Crippen molar-refractivity contribution in [3.63, 3.8) is 0 Å². The van der Waals surface area contributed by atoms with E-state index in [2.05, 4.69) is 4.98 Å². The Morgan fingerprint density at radius 2 is 1.83 bits per heavy atom. The molecule has 0 saturated heterocycles. The van der Waals surface area contributed by atoms with Crippen LogP contribution in [0.25, 0.3) is 10.9 Å². The van der Waals surface area contributed by atoms with Crippen LogP contribution in [0, 0.1) is 6.92 Å². The molecule has 1 aromatic heterocycles. The minimum atomic E-state index is -1.31. The number of aromatic nitrogens is 1. The molecule has 0 fully saturated rings. The number of nitrogens with one attached hydrogen (secondary N) is 1. The molecule has 0 bridgehead atoms. The number of carbonyl (C=O) groups is 2. The lowest BCUT2D eigenvalue weighted by Gasteiger charge is -2.29. The van der Waals surface area contributed by atoms with Crippen LogP contribution in [0.1, 0.15) is 48.0 Å². The number of aromatic hydroxyl groups is 1. The van der Waals surface area contributed by atoms with Gasteiger partial charge in [-0.05, 0) is 57.0 Å². The number of ether oxygens (including phenoxy) is 2. The summed E-state index contributed by atoms with van der Waals surface area (Å²) in [6, 6.07) is 10.1. The second kappa shape index (κ2) is 8.40. The zero-order chi connectivity index (χ0) is 22.1. The van der Waals surface area contributed by atoms with Gasteiger partial charge in [-0.15, -0.1) is 0 Å². The van der Waals surface area contributed by atoms with Crippen LogP contribution in [0.4, 0.5) is 0 Å². The molecule has 2 N–H and O–H groups in total. The number of halogens is 1. The molecule has 3 rings (SSSR count). The van der Waals surface area contributed by atoms with Crippen molar-refractivity contribution in [1.82, 2.24) is 4.98 Å². The third-order valence-electron chi connectivity index (χ3n) is 5.24. The van der Waals surface area contributed by atoms with E-state index in [1.807, 2.05) is 6.07 Å². The van der Waals surface area contributed by atoms with Crippen molar-refractivity contribution in [1.29, 1.82) is 0 Å². The van der Waals surface area contributed by atoms with E-state index in [4.69, 9.17) is 21.1 Å². The van der Waals surface area contributed by atoms with Gasteiger partial charge >= 0.3 is 11.9 Å². The summed E-state index contributed by atoms with van der Waals surface area (Å²) in [6.07, 6.45) is 0. The molecular weight excluding hydrogens is 406 g/mol. The Labute approximate surface area is 179 Å². The van der Waals surface area contributed by atoms with Crippen LogP contribution in [0.15, 0.2) is 36.4 Å². The Balaban J connectivity index is 2.38. The zero-order valence-corrected chi connectivity index (χ0v) is 18.1. The van der Waals surface area contributed by atoms with Crippen LogP contribution >= 0.6 is 11.6 Å². The van der Waals surface area contributed by atoms with Gasteiger partial charge in [0, 0.05) is 16.6 Å². The van der Waals surface area contributed by atoms with E-state index < -0.39 is 17.4 Å². The average molecular weight is 430 g/mol. The molecule has 7 heteroatoms. The van der Waals surface area contributed by atoms with Gasteiger partial charge in [0.1, 0.15) is 11.2 Å². The van der Waals surface area contributed by atoms with Gasteiger partial charge in [0.2, 0.25) is 0 Å². The fourth-order valence-electron chi connectivity index (χ4n) is 3.74. The van der Waals surface area contributed by atoms with Crippen LogP contribution < -0.4 is 0 Å². The van der Waals surface area contributed by atoms with Crippen LogP contribution in [0.2, 0.25) is 5.02 Å². The van der Waals surface area contributed by atoms with E-state index >= 15 is 0 Å². The van der Waals surface area contributed by atoms with Crippen LogP contribution in [-0.4, -0.2) is 35.2 Å². The number of aromatic amines is 1. The Bertz CT molecular complexity index is 1120. The fourth-order valence-corrected chi connectivity index (χ4v) is 3.85. The largest absolute Gasteiger partial charge is 0.506 e. The monoisotopic (exact) mass is 429 g/mol. The highest BCUT2D eigenvalue weighted by molar-refractivity contribution is 6.32. The summed E-state index contributed by atoms with van der Waals surface area (Å²) < 4.78 is 10.7. The van der Waals surface area contributed by atoms with Crippen molar-refractivity contribution in [2.24, 2.45) is 0 Å². The van der Waals surface area contributed by atoms with Crippen molar-refractivity contribution in [3.05, 3.63) is 63.8 Å². The first kappa shape index (κ1) is 21.7. The average Bonchev–Trinajstić information content (AvgIpc) is 3.05. The summed E-state index contributed by atoms with van der Waals surface area (Å²) in [6.45, 7) is 7.37. The molecule has 6 nitrogen and oxygen atoms in total. The molecule has 0 saturated carbocycles. The van der Waals surface area contributed by atoms with Crippen molar-refractivity contribution >= 4 is 34.4 Å². The number of rotatable bonds is 6. The molecule has 1 atom stereocenters. The second-order valence-corrected chi connectivity index (χ2v) is 7.49. The molecule has 1 unspecified atom stereocenters. The maximum Gasteiger partial charge on any atom is 0.340 e. The van der Waals surface area contributed by atoms with Gasteiger partial charge in [-0.2, -0.15) is 0 Å². The van der Waals surface area contributed by atoms with Crippen molar-refractivity contribution in [3.8, 4) is 5.75 Å². The summed E-state index contributed by atoms with van der Waals surface area (Å²) in [5, 5.41) is 10.9. The van der Waals surface area contributed by atoms with Gasteiger partial charge in [-0.1, -0.05) is 29.8 Å². The summed E-state index contributed by atoms with van der Waals surface area (Å²) in [5.74, 6) is -1.13. The highest BCUT2D eigenvalue weighted by Crippen LogP contribution is 2.41. The standard InChI is InChI=1S/C23H24ClNO5/c1-5-29-21(27)19-13(3)25-17-9-7-8-15(20(17)19)23(4,22(28)30-6-2)14-10-11-16(24)18(26)12-14/h7-12,25-26H,5-6H2,1-4H3. The molecule has 0 aliphatic rings. The van der Waals surface area contributed by atoms with Crippen molar-refractivity contribution in [2.75, 3.05) is 13.2 Å². The maximum absolute atomic E-state index is 13.3. The van der Waals surface area contributed by atoms with Gasteiger partial charge in [-0.3, -0.25) is 4.79 Å². The summed E-state index contributed by atoms with van der Waals surface area (Å²) >= 11 is 5.99. The molecule has 158 valence electrons. The number of fused-ring (bicyclic) bond motifs is 1. The number of aryl methyl sites for hydroxylation is 1. The molecule has 0 spiro atoms. The van der Waals surface area contributed by atoms with Gasteiger partial charge < -0.3 is 19.6 Å². The predicted molar refractivity (Wildman–Crippen MR) is 115 cm³/mol. The number of hydrogen-bond acceptors (Lipinski definition) is 5. The molecule has 0 aliphatic carbocycles. The van der Waals surface area contributed by atoms with E-state index in [1.165, 1.54) is 12.1 Å². The van der Waals surface area contributed by atoms with Gasteiger partial charge in [0.05, 0.1) is 23.8 Å². The minimum Gasteiger partial charge on any atom is -0.506 e. The first-order valence-electron chi connectivity index (χ1n) is 9.70. The van der Waals surface area contributed by atoms with E-state index in [0.29, 0.717) is 33.3 Å². The molecule has 1 heterocycles. The molecule has 0 radical (unpaired) electrons. The third-order valence-corrected chi connectivity index (χ3v) is 5.56. The number of benzene rings is 2. The zero-order valence-electron chi connectivity index (χ0n) is 17.3. The molecule has 0 aliphatic heterocycles. The lowest BCUT2D eigenvalue weighted by atomic mass is 9.74. The highest BCUT2D eigenvalue weighted by Gasteiger charge is 2.41. The number of H-pyrrole nitrogens is 1. The van der Waals surface area contributed by atoms with Crippen LogP contribution in [-0.2, 0) is 19.7 Å². The summed E-state index contributed by atoms with van der Waals surface area (Å²) in [7, 11) is 0. The first-order valence-corrected chi connectivity index (χ1v) is 10.1. The number of hydrogen-bond donors (Lipinski definition) is 2. The Morgan fingerprint density at radius 1 is 1.13 bits per heavy atom. The SMILES string of the molecule is CCOC(=O)c1c(C)[nH]c2cccc(C(C)(C(=O)OCC)c3ccc(Cl)c(O)c3)c12. The molecule has 2 aromatic carbocycles. The lowest BCUT2D eigenvalue weighted by Crippen LogP contribution is -2.36. The van der Waals surface area contributed by atoms with E-state index in [1.54, 1.807) is 45.9 Å². The second-order valence-electron chi connectivity index (χ2n) is 7.09. The Hall–Kier alpha value is -2.99. The number of carbonyl (C=O) groups excluding carboxylic acids is 2. The quantitative estimate of drug-likeness (QED) is 0.545. The molecule has 3 aromatic rings. The smallest absolute Gasteiger partial charge is 0.340 e. The van der Waals surface area contributed by atoms with E-state index in [0.717, 1.165) is 0 Å². The number of phenolic OH excluding ortho intramolecular Hbond substituents is 1. The third kappa shape index (κ3) is 3.52. The molecule has 30 heavy (non-hydrogen) atoms. The van der Waals surface area contributed by atoms with Gasteiger partial charge in [0.25, 0.3) is 0 Å². The summed E-state index contributed by atoms with van der Waals surface area (Å²) in [4.78, 5) is 29.2. The van der Waals surface area contributed by atoms with Gasteiger partial charge in [0.15, 0.2) is 0 Å². The van der Waals surface area contributed by atoms with E-state index in [9.17, 15) is 14.7 Å². The van der Waals surface area contributed by atoms with Crippen molar-refractivity contribution < 1.29 is 24.2 Å². The molecule has 0 amide bonds. The first-order chi connectivity index (χ1) is 14.2. The van der Waals surface area contributed by atoms with Crippen LogP contribution in [0.3, 0.4) is 0 Å². The van der Waals surface area contributed by atoms with E-state index in [-0.39, 0.29) is 24.0 Å². The van der Waals surface area contributed by atoms with Crippen LogP contribution in [0.5, 0.6) is 5.75 Å². The Morgan fingerprint density at radius 3 is 2.47 bits per heavy atom. The number of phenols is 1. The normalized spacial score (nSPS) is 13.1. The maximum atomic E-state index is 13.3. The predicted octanol–water partition coefficient (Wildman–Crippen LogP) is 4.88. The van der Waals surface area contributed by atoms with Crippen molar-refractivity contribution in [2.45, 2.75) is 33.1 Å². The summed E-state index contributed by atoms with van der Waals surface area (Å²) in [5.41, 5.74) is 1.45. The van der Waals surface area contributed by atoms with Gasteiger partial charge in [-0.25, -0.2) is 4.79 Å². The minimum absolute atomic E-state index is 0.146. The number of esters is 2. The Kier molecular flexibility index (Phi) is 6.08. The topological polar surface area (TPSA) is 88.6 Å². The highest BCUT2D eigenvalue weighted by atomic mass is 35.5. The lowest BCUT2D eigenvalue weighted by molar-refractivity contribution is -0.147. The molecular formula is C23H24ClNO5. The fraction of sp³-hybridized carbons (Fsp3) is 0.304.